The van der Waals surface area contributed by atoms with Crippen molar-refractivity contribution in [3.8, 4) is 0 Å². The van der Waals surface area contributed by atoms with Gasteiger partial charge in [0.05, 0.1) is 16.8 Å². The van der Waals surface area contributed by atoms with Crippen LogP contribution in [0.4, 0.5) is 11.4 Å². The number of ether oxygens (including phenoxy) is 1. The number of hydrogen-bond acceptors (Lipinski definition) is 4. The van der Waals surface area contributed by atoms with Crippen LogP contribution in [0.2, 0.25) is 0 Å². The van der Waals surface area contributed by atoms with Crippen LogP contribution in [0.5, 0.6) is 0 Å². The molecular weight excluding hydrogens is 380 g/mol. The predicted molar refractivity (Wildman–Crippen MR) is 116 cm³/mol. The molecule has 6 heteroatoms. The first-order valence-electron chi connectivity index (χ1n) is 9.43. The maximum atomic E-state index is 12.6. The SMILES string of the molecule is Cc1cc(C)cc(C(=O)OCC(=O)Nc2ccccc2C(=O)Nc2ccccc2)c1. The highest BCUT2D eigenvalue weighted by atomic mass is 16.5. The van der Waals surface area contributed by atoms with E-state index in [9.17, 15) is 14.4 Å². The Morgan fingerprint density at radius 2 is 1.43 bits per heavy atom. The summed E-state index contributed by atoms with van der Waals surface area (Å²) < 4.78 is 5.12. The summed E-state index contributed by atoms with van der Waals surface area (Å²) in [5.41, 5.74) is 3.54. The number of carbonyl (C=O) groups excluding carboxylic acids is 3. The number of benzene rings is 3. The number of rotatable bonds is 6. The van der Waals surface area contributed by atoms with Gasteiger partial charge in [0, 0.05) is 5.69 Å². The molecule has 3 rings (SSSR count). The molecule has 3 aromatic rings. The lowest BCUT2D eigenvalue weighted by Crippen LogP contribution is -2.23. The van der Waals surface area contributed by atoms with E-state index in [2.05, 4.69) is 10.6 Å². The van der Waals surface area contributed by atoms with E-state index in [-0.39, 0.29) is 5.91 Å². The number of carbonyl (C=O) groups is 3. The maximum absolute atomic E-state index is 12.6. The summed E-state index contributed by atoms with van der Waals surface area (Å²) in [6.45, 7) is 3.31. The van der Waals surface area contributed by atoms with Crippen LogP contribution in [0.25, 0.3) is 0 Å². The predicted octanol–water partition coefficient (Wildman–Crippen LogP) is 4.35. The van der Waals surface area contributed by atoms with Crippen molar-refractivity contribution < 1.29 is 19.1 Å². The van der Waals surface area contributed by atoms with Crippen LogP contribution in [-0.2, 0) is 9.53 Å². The first kappa shape index (κ1) is 20.8. The van der Waals surface area contributed by atoms with Crippen LogP contribution < -0.4 is 10.6 Å². The van der Waals surface area contributed by atoms with Crippen LogP contribution in [-0.4, -0.2) is 24.4 Å². The van der Waals surface area contributed by atoms with Crippen molar-refractivity contribution >= 4 is 29.2 Å². The Bertz CT molecular complexity index is 1060. The molecule has 0 radical (unpaired) electrons. The first-order chi connectivity index (χ1) is 14.4. The van der Waals surface area contributed by atoms with E-state index in [1.54, 1.807) is 48.5 Å². The van der Waals surface area contributed by atoms with Gasteiger partial charge in [0.25, 0.3) is 11.8 Å². The molecule has 0 aromatic heterocycles. The monoisotopic (exact) mass is 402 g/mol. The molecule has 0 aliphatic heterocycles. The summed E-state index contributed by atoms with van der Waals surface area (Å²) in [5.74, 6) is -1.47. The molecule has 0 bridgehead atoms. The molecule has 0 aliphatic rings. The van der Waals surface area contributed by atoms with E-state index >= 15 is 0 Å². The van der Waals surface area contributed by atoms with Crippen molar-refractivity contribution in [1.29, 1.82) is 0 Å². The number of hydrogen-bond donors (Lipinski definition) is 2. The van der Waals surface area contributed by atoms with Gasteiger partial charge in [-0.05, 0) is 50.2 Å². The van der Waals surface area contributed by atoms with Gasteiger partial charge in [-0.15, -0.1) is 0 Å². The molecule has 152 valence electrons. The molecule has 0 atom stereocenters. The molecule has 30 heavy (non-hydrogen) atoms. The molecular formula is C24H22N2O4. The summed E-state index contributed by atoms with van der Waals surface area (Å²) in [4.78, 5) is 37.1. The molecule has 0 saturated heterocycles. The van der Waals surface area contributed by atoms with Gasteiger partial charge in [0.15, 0.2) is 6.61 Å². The zero-order chi connectivity index (χ0) is 21.5. The van der Waals surface area contributed by atoms with Crippen molar-refractivity contribution in [1.82, 2.24) is 0 Å². The Kier molecular flexibility index (Phi) is 6.60. The fourth-order valence-corrected chi connectivity index (χ4v) is 3.00. The Morgan fingerprint density at radius 3 is 2.13 bits per heavy atom. The number of anilines is 2. The third kappa shape index (κ3) is 5.54. The maximum Gasteiger partial charge on any atom is 0.338 e. The van der Waals surface area contributed by atoms with Gasteiger partial charge >= 0.3 is 5.97 Å². The molecule has 0 heterocycles. The van der Waals surface area contributed by atoms with Crippen molar-refractivity contribution in [3.05, 3.63) is 95.1 Å². The van der Waals surface area contributed by atoms with E-state index < -0.39 is 18.5 Å². The van der Waals surface area contributed by atoms with Crippen LogP contribution in [0.15, 0.2) is 72.8 Å². The molecule has 6 nitrogen and oxygen atoms in total. The van der Waals surface area contributed by atoms with E-state index in [0.717, 1.165) is 11.1 Å². The zero-order valence-electron chi connectivity index (χ0n) is 16.8. The van der Waals surface area contributed by atoms with E-state index in [4.69, 9.17) is 4.74 Å². The van der Waals surface area contributed by atoms with Crippen LogP contribution in [0.3, 0.4) is 0 Å². The lowest BCUT2D eigenvalue weighted by Gasteiger charge is -2.12. The minimum absolute atomic E-state index is 0.301. The molecule has 0 saturated carbocycles. The summed E-state index contributed by atoms with van der Waals surface area (Å²) in [6, 6.07) is 21.0. The molecule has 2 N–H and O–H groups in total. The third-order valence-electron chi connectivity index (χ3n) is 4.27. The largest absolute Gasteiger partial charge is 0.452 e. The number of aryl methyl sites for hydroxylation is 2. The van der Waals surface area contributed by atoms with Gasteiger partial charge in [-0.3, -0.25) is 9.59 Å². The van der Waals surface area contributed by atoms with Crippen LogP contribution in [0, 0.1) is 13.8 Å². The smallest absolute Gasteiger partial charge is 0.338 e. The van der Waals surface area contributed by atoms with Gasteiger partial charge in [-0.2, -0.15) is 0 Å². The second-order valence-corrected chi connectivity index (χ2v) is 6.87. The fraction of sp³-hybridized carbons (Fsp3) is 0.125. The first-order valence-corrected chi connectivity index (χ1v) is 9.43. The molecule has 0 fully saturated rings. The summed E-state index contributed by atoms with van der Waals surface area (Å²) in [5, 5.41) is 5.41. The van der Waals surface area contributed by atoms with Crippen LogP contribution >= 0.6 is 0 Å². The topological polar surface area (TPSA) is 84.5 Å². The molecule has 3 aromatic carbocycles. The van der Waals surface area contributed by atoms with E-state index in [0.29, 0.717) is 22.5 Å². The highest BCUT2D eigenvalue weighted by molar-refractivity contribution is 6.10. The average molecular weight is 402 g/mol. The number of para-hydroxylation sites is 2. The summed E-state index contributed by atoms with van der Waals surface area (Å²) in [6.07, 6.45) is 0. The molecule has 0 aliphatic carbocycles. The number of nitrogens with one attached hydrogen (secondary N) is 2. The Labute approximate surface area is 174 Å². The van der Waals surface area contributed by atoms with Crippen molar-refractivity contribution in [2.45, 2.75) is 13.8 Å². The van der Waals surface area contributed by atoms with E-state index in [1.165, 1.54) is 0 Å². The van der Waals surface area contributed by atoms with Gasteiger partial charge in [0.1, 0.15) is 0 Å². The summed E-state index contributed by atoms with van der Waals surface area (Å²) >= 11 is 0. The zero-order valence-corrected chi connectivity index (χ0v) is 16.8. The lowest BCUT2D eigenvalue weighted by molar-refractivity contribution is -0.119. The average Bonchev–Trinajstić information content (AvgIpc) is 2.72. The highest BCUT2D eigenvalue weighted by Crippen LogP contribution is 2.17. The minimum Gasteiger partial charge on any atom is -0.452 e. The Balaban J connectivity index is 1.63. The van der Waals surface area contributed by atoms with Crippen LogP contribution in [0.1, 0.15) is 31.8 Å². The van der Waals surface area contributed by atoms with Crippen molar-refractivity contribution in [3.63, 3.8) is 0 Å². The second-order valence-electron chi connectivity index (χ2n) is 6.87. The van der Waals surface area contributed by atoms with Gasteiger partial charge in [-0.25, -0.2) is 4.79 Å². The van der Waals surface area contributed by atoms with Crippen molar-refractivity contribution in [2.75, 3.05) is 17.2 Å². The normalized spacial score (nSPS) is 10.2. The molecule has 0 unspecified atom stereocenters. The highest BCUT2D eigenvalue weighted by Gasteiger charge is 2.15. The quantitative estimate of drug-likeness (QED) is 0.601. The van der Waals surface area contributed by atoms with Gasteiger partial charge in [0.2, 0.25) is 0 Å². The van der Waals surface area contributed by atoms with Gasteiger partial charge < -0.3 is 15.4 Å². The number of esters is 1. The molecule has 2 amide bonds. The Morgan fingerprint density at radius 1 is 0.800 bits per heavy atom. The second kappa shape index (κ2) is 9.52. The molecule has 0 spiro atoms. The van der Waals surface area contributed by atoms with E-state index in [1.807, 2.05) is 38.1 Å². The number of amides is 2. The van der Waals surface area contributed by atoms with Crippen molar-refractivity contribution in [2.24, 2.45) is 0 Å². The minimum atomic E-state index is -0.577. The fourth-order valence-electron chi connectivity index (χ4n) is 3.00. The third-order valence-corrected chi connectivity index (χ3v) is 4.27. The summed E-state index contributed by atoms with van der Waals surface area (Å²) in [7, 11) is 0. The van der Waals surface area contributed by atoms with Gasteiger partial charge in [-0.1, -0.05) is 47.5 Å². The Hall–Kier alpha value is -3.93. The standard InChI is InChI=1S/C24H22N2O4/c1-16-12-17(2)14-18(13-16)24(29)30-15-22(27)26-21-11-7-6-10-20(21)23(28)25-19-8-4-3-5-9-19/h3-14H,15H2,1-2H3,(H,25,28)(H,26,27). The lowest BCUT2D eigenvalue weighted by atomic mass is 10.1.